The van der Waals surface area contributed by atoms with Crippen LogP contribution in [0.25, 0.3) is 0 Å². The summed E-state index contributed by atoms with van der Waals surface area (Å²) in [4.78, 5) is 11.3. The standard InChI is InChI=1S/C12H13F3N2O/c1-2-3-7-16-11(18)17-10-6-4-5-9(8-10)12(13,14)15/h3-8H,2H2,1H3,(H2,16,17,18)/b7-3+. The van der Waals surface area contributed by atoms with Gasteiger partial charge in [-0.15, -0.1) is 0 Å². The number of halogens is 3. The second-order valence-electron chi connectivity index (χ2n) is 3.49. The van der Waals surface area contributed by atoms with Crippen LogP contribution in [0.2, 0.25) is 0 Å². The molecule has 0 bridgehead atoms. The number of carbonyl (C=O) groups excluding carboxylic acids is 1. The van der Waals surface area contributed by atoms with Crippen LogP contribution in [0.15, 0.2) is 36.5 Å². The predicted molar refractivity (Wildman–Crippen MR) is 63.0 cm³/mol. The van der Waals surface area contributed by atoms with Crippen LogP contribution in [0.3, 0.4) is 0 Å². The Hall–Kier alpha value is -1.98. The van der Waals surface area contributed by atoms with E-state index in [-0.39, 0.29) is 5.69 Å². The maximum Gasteiger partial charge on any atom is 0.416 e. The van der Waals surface area contributed by atoms with Crippen LogP contribution in [0.1, 0.15) is 18.9 Å². The highest BCUT2D eigenvalue weighted by molar-refractivity contribution is 5.89. The number of allylic oxidation sites excluding steroid dienone is 1. The topological polar surface area (TPSA) is 41.1 Å². The third-order valence-electron chi connectivity index (χ3n) is 2.02. The molecule has 1 aromatic rings. The molecule has 0 unspecified atom stereocenters. The van der Waals surface area contributed by atoms with Gasteiger partial charge in [-0.2, -0.15) is 13.2 Å². The van der Waals surface area contributed by atoms with Gasteiger partial charge >= 0.3 is 12.2 Å². The lowest BCUT2D eigenvalue weighted by Crippen LogP contribution is -2.24. The predicted octanol–water partition coefficient (Wildman–Crippen LogP) is 3.75. The minimum atomic E-state index is -4.42. The minimum absolute atomic E-state index is 0.0900. The molecule has 0 aromatic heterocycles. The van der Waals surface area contributed by atoms with Gasteiger partial charge in [0.05, 0.1) is 5.56 Å². The molecule has 0 heterocycles. The summed E-state index contributed by atoms with van der Waals surface area (Å²) in [6, 6.07) is 3.86. The summed E-state index contributed by atoms with van der Waals surface area (Å²) >= 11 is 0. The molecule has 1 rings (SSSR count). The smallest absolute Gasteiger partial charge is 0.315 e. The summed E-state index contributed by atoms with van der Waals surface area (Å²) < 4.78 is 37.2. The molecule has 18 heavy (non-hydrogen) atoms. The summed E-state index contributed by atoms with van der Waals surface area (Å²) in [5.41, 5.74) is -0.711. The Morgan fingerprint density at radius 3 is 2.72 bits per heavy atom. The number of hydrogen-bond acceptors (Lipinski definition) is 1. The first-order chi connectivity index (χ1) is 8.43. The molecule has 0 aliphatic heterocycles. The van der Waals surface area contributed by atoms with E-state index in [0.29, 0.717) is 0 Å². The number of rotatable bonds is 3. The minimum Gasteiger partial charge on any atom is -0.315 e. The third-order valence-corrected chi connectivity index (χ3v) is 2.02. The summed E-state index contributed by atoms with van der Waals surface area (Å²) in [6.45, 7) is 1.89. The number of anilines is 1. The maximum absolute atomic E-state index is 12.4. The molecule has 6 heteroatoms. The summed E-state index contributed by atoms with van der Waals surface area (Å²) in [5.74, 6) is 0. The van der Waals surface area contributed by atoms with Gasteiger partial charge in [0, 0.05) is 11.9 Å². The second-order valence-corrected chi connectivity index (χ2v) is 3.49. The molecule has 3 nitrogen and oxygen atoms in total. The van der Waals surface area contributed by atoms with Gasteiger partial charge < -0.3 is 10.6 Å². The van der Waals surface area contributed by atoms with Crippen molar-refractivity contribution in [3.63, 3.8) is 0 Å². The zero-order valence-corrected chi connectivity index (χ0v) is 9.71. The average molecular weight is 258 g/mol. The molecule has 0 spiro atoms. The molecule has 1 aromatic carbocycles. The van der Waals surface area contributed by atoms with Crippen molar-refractivity contribution in [2.75, 3.05) is 5.32 Å². The first-order valence-electron chi connectivity index (χ1n) is 5.33. The van der Waals surface area contributed by atoms with Gasteiger partial charge in [-0.05, 0) is 24.6 Å². The quantitative estimate of drug-likeness (QED) is 0.851. The molecule has 0 radical (unpaired) electrons. The molecular weight excluding hydrogens is 245 g/mol. The first-order valence-corrected chi connectivity index (χ1v) is 5.33. The summed E-state index contributed by atoms with van der Waals surface area (Å²) in [6.07, 6.45) is -0.519. The van der Waals surface area contributed by atoms with Gasteiger partial charge in [0.15, 0.2) is 0 Å². The van der Waals surface area contributed by atoms with Crippen molar-refractivity contribution in [2.24, 2.45) is 0 Å². The Bertz CT molecular complexity index is 441. The fourth-order valence-corrected chi connectivity index (χ4v) is 1.19. The van der Waals surface area contributed by atoms with Crippen molar-refractivity contribution in [1.82, 2.24) is 5.32 Å². The molecule has 0 aliphatic carbocycles. The van der Waals surface area contributed by atoms with Gasteiger partial charge in [0.2, 0.25) is 0 Å². The maximum atomic E-state index is 12.4. The van der Waals surface area contributed by atoms with Crippen LogP contribution in [0, 0.1) is 0 Å². The highest BCUT2D eigenvalue weighted by Crippen LogP contribution is 2.30. The Labute approximate surface area is 103 Å². The van der Waals surface area contributed by atoms with Crippen LogP contribution >= 0.6 is 0 Å². The second kappa shape index (κ2) is 6.09. The van der Waals surface area contributed by atoms with E-state index in [2.05, 4.69) is 10.6 Å². The SMILES string of the molecule is CC/C=C/NC(=O)Nc1cccc(C(F)(F)F)c1. The van der Waals surface area contributed by atoms with Gasteiger partial charge in [0.25, 0.3) is 0 Å². The third kappa shape index (κ3) is 4.48. The van der Waals surface area contributed by atoms with Gasteiger partial charge in [0.1, 0.15) is 0 Å². The zero-order valence-electron chi connectivity index (χ0n) is 9.71. The molecule has 98 valence electrons. The lowest BCUT2D eigenvalue weighted by molar-refractivity contribution is -0.137. The highest BCUT2D eigenvalue weighted by atomic mass is 19.4. The molecule has 0 saturated heterocycles. The number of alkyl halides is 3. The number of carbonyl (C=O) groups is 1. The van der Waals surface area contributed by atoms with Crippen molar-refractivity contribution >= 4 is 11.7 Å². The van der Waals surface area contributed by atoms with Crippen molar-refractivity contribution in [1.29, 1.82) is 0 Å². The van der Waals surface area contributed by atoms with Crippen LogP contribution in [-0.2, 0) is 6.18 Å². The monoisotopic (exact) mass is 258 g/mol. The lowest BCUT2D eigenvalue weighted by atomic mass is 10.2. The highest BCUT2D eigenvalue weighted by Gasteiger charge is 2.30. The molecule has 0 aliphatic rings. The Morgan fingerprint density at radius 2 is 2.11 bits per heavy atom. The summed E-state index contributed by atoms with van der Waals surface area (Å²) in [7, 11) is 0. The van der Waals surface area contributed by atoms with Crippen molar-refractivity contribution in [3.05, 3.63) is 42.1 Å². The molecule has 2 amide bonds. The van der Waals surface area contributed by atoms with Crippen molar-refractivity contribution in [2.45, 2.75) is 19.5 Å². The molecular formula is C12H13F3N2O. The van der Waals surface area contributed by atoms with E-state index in [0.717, 1.165) is 18.6 Å². The molecule has 0 saturated carbocycles. The van der Waals surface area contributed by atoms with E-state index < -0.39 is 17.8 Å². The lowest BCUT2D eigenvalue weighted by Gasteiger charge is -2.09. The molecule has 0 atom stereocenters. The Kier molecular flexibility index (Phi) is 4.76. The Balaban J connectivity index is 2.68. The van der Waals surface area contributed by atoms with Gasteiger partial charge in [-0.25, -0.2) is 4.79 Å². The zero-order chi connectivity index (χ0) is 13.6. The number of nitrogens with one attached hydrogen (secondary N) is 2. The van der Waals surface area contributed by atoms with Crippen LogP contribution in [-0.4, -0.2) is 6.03 Å². The fourth-order valence-electron chi connectivity index (χ4n) is 1.19. The van der Waals surface area contributed by atoms with E-state index in [1.54, 1.807) is 6.08 Å². The van der Waals surface area contributed by atoms with E-state index in [9.17, 15) is 18.0 Å². The fraction of sp³-hybridized carbons (Fsp3) is 0.250. The number of benzene rings is 1. The number of amides is 2. The van der Waals surface area contributed by atoms with E-state index >= 15 is 0 Å². The van der Waals surface area contributed by atoms with Crippen LogP contribution < -0.4 is 10.6 Å². The van der Waals surface area contributed by atoms with E-state index in [1.165, 1.54) is 18.3 Å². The molecule has 2 N–H and O–H groups in total. The van der Waals surface area contributed by atoms with Crippen LogP contribution in [0.5, 0.6) is 0 Å². The van der Waals surface area contributed by atoms with Crippen molar-refractivity contribution in [3.8, 4) is 0 Å². The van der Waals surface area contributed by atoms with Crippen LogP contribution in [0.4, 0.5) is 23.7 Å². The van der Waals surface area contributed by atoms with E-state index in [1.807, 2.05) is 6.92 Å². The van der Waals surface area contributed by atoms with Gasteiger partial charge in [-0.1, -0.05) is 19.1 Å². The Morgan fingerprint density at radius 1 is 1.39 bits per heavy atom. The van der Waals surface area contributed by atoms with E-state index in [4.69, 9.17) is 0 Å². The van der Waals surface area contributed by atoms with Gasteiger partial charge in [-0.3, -0.25) is 0 Å². The van der Waals surface area contributed by atoms with Crippen molar-refractivity contribution < 1.29 is 18.0 Å². The summed E-state index contributed by atoms with van der Waals surface area (Å²) in [5, 5.41) is 4.69. The molecule has 0 fully saturated rings. The number of hydrogen-bond donors (Lipinski definition) is 2. The first kappa shape index (κ1) is 14.1. The number of urea groups is 1. The normalized spacial score (nSPS) is 11.6. The largest absolute Gasteiger partial charge is 0.416 e. The average Bonchev–Trinajstić information content (AvgIpc) is 2.28.